The number of carbonyl (C=O) groups is 2. The van der Waals surface area contributed by atoms with Crippen molar-refractivity contribution in [1.29, 1.82) is 0 Å². The summed E-state index contributed by atoms with van der Waals surface area (Å²) in [7, 11) is 1.60. The number of likely N-dealkylation sites (tertiary alicyclic amines) is 1. The molecule has 4 heteroatoms. The first-order chi connectivity index (χ1) is 10.1. The third kappa shape index (κ3) is 14.3. The number of nitrogens with zero attached hydrogens (tertiary/aromatic N) is 1. The Bertz CT molecular complexity index is 289. The number of carbonyl (C=O) groups excluding carboxylic acids is 2. The van der Waals surface area contributed by atoms with Crippen LogP contribution in [-0.2, 0) is 9.59 Å². The van der Waals surface area contributed by atoms with Crippen LogP contribution in [0.2, 0.25) is 0 Å². The summed E-state index contributed by atoms with van der Waals surface area (Å²) in [6.07, 6.45) is 3.96. The molecule has 0 aromatic rings. The van der Waals surface area contributed by atoms with Gasteiger partial charge in [0, 0.05) is 13.6 Å². The van der Waals surface area contributed by atoms with Crippen molar-refractivity contribution in [2.24, 2.45) is 5.92 Å². The van der Waals surface area contributed by atoms with E-state index in [-0.39, 0.29) is 40.1 Å². The normalized spacial score (nSPS) is 17.0. The number of rotatable bonds is 2. The summed E-state index contributed by atoms with van der Waals surface area (Å²) in [5, 5.41) is 2.60. The number of amides is 2. The molecule has 1 heterocycles. The van der Waals surface area contributed by atoms with Crippen molar-refractivity contribution in [2.45, 2.75) is 90.1 Å². The van der Waals surface area contributed by atoms with E-state index in [9.17, 15) is 9.59 Å². The van der Waals surface area contributed by atoms with Crippen LogP contribution in [-0.4, -0.2) is 36.3 Å². The van der Waals surface area contributed by atoms with Gasteiger partial charge in [0.05, 0.1) is 0 Å². The second kappa shape index (κ2) is 26.6. The van der Waals surface area contributed by atoms with E-state index in [1.807, 2.05) is 41.5 Å². The molecule has 0 bridgehead atoms. The average Bonchev–Trinajstić information content (AvgIpc) is 2.95. The Morgan fingerprint density at radius 2 is 1.42 bits per heavy atom. The van der Waals surface area contributed by atoms with Gasteiger partial charge in [0.15, 0.2) is 0 Å². The molecule has 0 aliphatic carbocycles. The lowest BCUT2D eigenvalue weighted by atomic mass is 10.1. The molecule has 1 rings (SSSR count). The van der Waals surface area contributed by atoms with Crippen molar-refractivity contribution >= 4 is 11.8 Å². The molecule has 2 unspecified atom stereocenters. The van der Waals surface area contributed by atoms with Crippen LogP contribution >= 0.6 is 0 Å². The minimum atomic E-state index is -0.298. The predicted molar refractivity (Wildman–Crippen MR) is 112 cm³/mol. The van der Waals surface area contributed by atoms with Crippen LogP contribution in [0, 0.1) is 5.92 Å². The first kappa shape index (κ1) is 38.3. The van der Waals surface area contributed by atoms with Gasteiger partial charge in [-0.05, 0) is 25.3 Å². The summed E-state index contributed by atoms with van der Waals surface area (Å²) < 4.78 is 0. The summed E-state index contributed by atoms with van der Waals surface area (Å²) in [6.45, 7) is 16.5. The van der Waals surface area contributed by atoms with Gasteiger partial charge >= 0.3 is 0 Å². The molecule has 1 N–H and O–H groups in total. The van der Waals surface area contributed by atoms with E-state index in [1.54, 1.807) is 24.9 Å². The van der Waals surface area contributed by atoms with Crippen LogP contribution in [0.1, 0.15) is 84.1 Å². The molecule has 1 fully saturated rings. The zero-order valence-electron chi connectivity index (χ0n) is 15.5. The quantitative estimate of drug-likeness (QED) is 0.667. The van der Waals surface area contributed by atoms with E-state index >= 15 is 0 Å². The van der Waals surface area contributed by atoms with Crippen molar-refractivity contribution in [3.8, 4) is 0 Å². The maximum atomic E-state index is 11.7. The molecule has 2 atom stereocenters. The molecule has 0 aromatic carbocycles. The smallest absolute Gasteiger partial charge is 0.246 e. The standard InChI is InChI=1S/C11H18N2O2.3C2H6.3CH4/c1-4-5-10(14)13-7-8(2)6-9(13)11(15)12-3;3*1-2;;;/h4-5,8-9H,6-7H2,1-3H3,(H,12,15);3*1-2H3;3*1H4/b5-4+;;;;;;. The fourth-order valence-electron chi connectivity index (χ4n) is 1.94. The molecule has 0 aromatic heterocycles. The Kier molecular flexibility index (Phi) is 42.4. The van der Waals surface area contributed by atoms with E-state index in [0.29, 0.717) is 12.5 Å². The lowest BCUT2D eigenvalue weighted by Gasteiger charge is -2.21. The Labute approximate surface area is 154 Å². The Balaban J connectivity index is -0.0000000811. The second-order valence-corrected chi connectivity index (χ2v) is 3.96. The summed E-state index contributed by atoms with van der Waals surface area (Å²) in [5.41, 5.74) is 0. The SMILES string of the molecule is C.C.C.C/C=C/C(=O)N1CC(C)CC1C(=O)NC.CC.CC.CC. The number of likely N-dealkylation sites (N-methyl/N-ethyl adjacent to an activating group) is 1. The van der Waals surface area contributed by atoms with Crippen LogP contribution in [0.15, 0.2) is 12.2 Å². The first-order valence-corrected chi connectivity index (χ1v) is 8.25. The topological polar surface area (TPSA) is 49.4 Å². The minimum Gasteiger partial charge on any atom is -0.357 e. The van der Waals surface area contributed by atoms with Gasteiger partial charge in [0.1, 0.15) is 6.04 Å². The van der Waals surface area contributed by atoms with Crippen LogP contribution < -0.4 is 5.32 Å². The number of hydrogen-bond acceptors (Lipinski definition) is 2. The third-order valence-corrected chi connectivity index (χ3v) is 2.65. The number of allylic oxidation sites excluding steroid dienone is 1. The molecule has 0 spiro atoms. The number of nitrogens with one attached hydrogen (secondary N) is 1. The zero-order valence-corrected chi connectivity index (χ0v) is 15.5. The van der Waals surface area contributed by atoms with E-state index in [4.69, 9.17) is 0 Å². The predicted octanol–water partition coefficient (Wildman–Crippen LogP) is 5.53. The van der Waals surface area contributed by atoms with Crippen molar-refractivity contribution in [1.82, 2.24) is 10.2 Å². The Hall–Kier alpha value is -1.32. The van der Waals surface area contributed by atoms with E-state index in [2.05, 4.69) is 12.2 Å². The molecule has 0 saturated carbocycles. The highest BCUT2D eigenvalue weighted by molar-refractivity contribution is 5.93. The maximum Gasteiger partial charge on any atom is 0.246 e. The summed E-state index contributed by atoms with van der Waals surface area (Å²) in [4.78, 5) is 24.9. The van der Waals surface area contributed by atoms with Crippen LogP contribution in [0.25, 0.3) is 0 Å². The van der Waals surface area contributed by atoms with Gasteiger partial charge in [0.2, 0.25) is 11.8 Å². The first-order valence-electron chi connectivity index (χ1n) is 8.25. The molecule has 2 amide bonds. The zero-order chi connectivity index (χ0) is 17.4. The molecule has 4 nitrogen and oxygen atoms in total. The van der Waals surface area contributed by atoms with Gasteiger partial charge in [-0.25, -0.2) is 0 Å². The van der Waals surface area contributed by atoms with Crippen LogP contribution in [0.4, 0.5) is 0 Å². The van der Waals surface area contributed by atoms with Crippen molar-refractivity contribution < 1.29 is 9.59 Å². The molecule has 1 aliphatic rings. The maximum absolute atomic E-state index is 11.7. The van der Waals surface area contributed by atoms with Crippen LogP contribution in [0.5, 0.6) is 0 Å². The van der Waals surface area contributed by atoms with Crippen molar-refractivity contribution in [3.63, 3.8) is 0 Å². The summed E-state index contributed by atoms with van der Waals surface area (Å²) in [6, 6.07) is -0.298. The molecule has 1 saturated heterocycles. The molecule has 24 heavy (non-hydrogen) atoms. The van der Waals surface area contributed by atoms with E-state index in [0.717, 1.165) is 6.42 Å². The molecular formula is C20H48N2O2. The molecular weight excluding hydrogens is 300 g/mol. The second-order valence-electron chi connectivity index (χ2n) is 3.96. The highest BCUT2D eigenvalue weighted by Gasteiger charge is 2.36. The van der Waals surface area contributed by atoms with Crippen LogP contribution in [0.3, 0.4) is 0 Å². The lowest BCUT2D eigenvalue weighted by molar-refractivity contribution is -0.134. The Morgan fingerprint density at radius 1 is 1.00 bits per heavy atom. The monoisotopic (exact) mass is 348 g/mol. The molecule has 1 aliphatic heterocycles. The van der Waals surface area contributed by atoms with E-state index in [1.165, 1.54) is 6.08 Å². The fourth-order valence-corrected chi connectivity index (χ4v) is 1.94. The number of hydrogen-bond donors (Lipinski definition) is 1. The Morgan fingerprint density at radius 3 is 1.75 bits per heavy atom. The van der Waals surface area contributed by atoms with Gasteiger partial charge in [-0.1, -0.05) is 76.8 Å². The highest BCUT2D eigenvalue weighted by atomic mass is 16.2. The third-order valence-electron chi connectivity index (χ3n) is 2.65. The highest BCUT2D eigenvalue weighted by Crippen LogP contribution is 2.23. The van der Waals surface area contributed by atoms with Gasteiger partial charge in [0.25, 0.3) is 0 Å². The largest absolute Gasteiger partial charge is 0.357 e. The van der Waals surface area contributed by atoms with Crippen molar-refractivity contribution in [2.75, 3.05) is 13.6 Å². The molecule has 0 radical (unpaired) electrons. The van der Waals surface area contributed by atoms with Gasteiger partial charge in [-0.2, -0.15) is 0 Å². The van der Waals surface area contributed by atoms with Gasteiger partial charge < -0.3 is 10.2 Å². The van der Waals surface area contributed by atoms with Gasteiger partial charge in [-0.3, -0.25) is 9.59 Å². The minimum absolute atomic E-state index is 0. The lowest BCUT2D eigenvalue weighted by Crippen LogP contribution is -2.44. The summed E-state index contributed by atoms with van der Waals surface area (Å²) >= 11 is 0. The van der Waals surface area contributed by atoms with Crippen molar-refractivity contribution in [3.05, 3.63) is 12.2 Å². The molecule has 150 valence electrons. The fraction of sp³-hybridized carbons (Fsp3) is 0.800. The van der Waals surface area contributed by atoms with E-state index < -0.39 is 0 Å². The summed E-state index contributed by atoms with van der Waals surface area (Å²) in [5.74, 6) is 0.245. The van der Waals surface area contributed by atoms with Gasteiger partial charge in [-0.15, -0.1) is 0 Å². The average molecular weight is 349 g/mol.